The van der Waals surface area contributed by atoms with Crippen LogP contribution in [0.3, 0.4) is 0 Å². The summed E-state index contributed by atoms with van der Waals surface area (Å²) in [4.78, 5) is 36.4. The first kappa shape index (κ1) is 36.7. The highest BCUT2D eigenvalue weighted by molar-refractivity contribution is 6.01. The number of aromatic hydroxyl groups is 1. The van der Waals surface area contributed by atoms with E-state index in [1.807, 2.05) is 36.4 Å². The number of aryl methyl sites for hydroxylation is 1. The Morgan fingerprint density at radius 2 is 1.69 bits per heavy atom. The van der Waals surface area contributed by atoms with Gasteiger partial charge in [-0.15, -0.1) is 0 Å². The Balaban J connectivity index is 0.806. The quantitative estimate of drug-likeness (QED) is 0.170. The van der Waals surface area contributed by atoms with E-state index in [0.29, 0.717) is 68.1 Å². The molecule has 2 saturated heterocycles. The molecule has 1 unspecified atom stereocenters. The van der Waals surface area contributed by atoms with Crippen LogP contribution in [-0.2, 0) is 17.8 Å². The van der Waals surface area contributed by atoms with Crippen molar-refractivity contribution in [3.05, 3.63) is 131 Å². The lowest BCUT2D eigenvalue weighted by Crippen LogP contribution is -2.49. The number of hydrogen-bond donors (Lipinski definition) is 2. The van der Waals surface area contributed by atoms with Crippen molar-refractivity contribution in [2.24, 2.45) is 0 Å². The molecule has 55 heavy (non-hydrogen) atoms. The van der Waals surface area contributed by atoms with Crippen LogP contribution >= 0.6 is 0 Å². The van der Waals surface area contributed by atoms with E-state index in [9.17, 15) is 14.7 Å². The number of hydrogen-bond acceptors (Lipinski definition) is 7. The van der Waals surface area contributed by atoms with Gasteiger partial charge in [0, 0.05) is 44.2 Å². The molecule has 0 saturated carbocycles. The molecule has 0 spiro atoms. The molecule has 3 aromatic carbocycles. The molecule has 2 fully saturated rings. The number of alkyl halides is 2. The maximum Gasteiger partial charge on any atom is 0.281 e. The summed E-state index contributed by atoms with van der Waals surface area (Å²) in [6.45, 7) is 6.87. The average molecular weight is 748 g/mol. The zero-order chi connectivity index (χ0) is 38.1. The van der Waals surface area contributed by atoms with Crippen LogP contribution in [0, 0.1) is 0 Å². The molecule has 0 bridgehead atoms. The van der Waals surface area contributed by atoms with Crippen LogP contribution in [0.4, 0.5) is 14.6 Å². The lowest BCUT2D eigenvalue weighted by atomic mass is 9.69. The van der Waals surface area contributed by atoms with Crippen LogP contribution in [0.2, 0.25) is 0 Å². The van der Waals surface area contributed by atoms with Crippen molar-refractivity contribution in [1.82, 2.24) is 20.1 Å². The van der Waals surface area contributed by atoms with Gasteiger partial charge in [-0.25, -0.2) is 13.8 Å². The van der Waals surface area contributed by atoms with E-state index in [2.05, 4.69) is 46.0 Å². The summed E-state index contributed by atoms with van der Waals surface area (Å²) in [5, 5.41) is 12.9. The van der Waals surface area contributed by atoms with Crippen molar-refractivity contribution < 1.29 is 28.2 Å². The number of benzene rings is 3. The topological polar surface area (TPSA) is 98.2 Å². The lowest BCUT2D eigenvalue weighted by Gasteiger charge is -2.35. The van der Waals surface area contributed by atoms with E-state index < -0.39 is 18.6 Å². The third-order valence-electron chi connectivity index (χ3n) is 11.7. The standard InChI is InChI=1S/C44H47F2N5O4/c1-29-8-18-39(42(53)47-29)51-27-38-37(43(51)54)17-19-40(48-38)50-24-22-49(23-25-50)21-5-20-44(45,46)28-55-34-13-9-31(10-14-34)41-35(30-6-3-2-4-7-30)15-11-32-26-33(52)12-16-36(32)41/h2-4,6-7,9-10,12-14,16-17,19,26,35,39,41,52H,1,5,8,11,15,18,20-25,27-28H2,(H,47,53)/t35-,39?,41+/m1/s1. The van der Waals surface area contributed by atoms with Crippen LogP contribution in [0.25, 0.3) is 0 Å². The van der Waals surface area contributed by atoms with E-state index in [4.69, 9.17) is 9.72 Å². The minimum absolute atomic E-state index is 0.0733. The molecule has 1 aromatic heterocycles. The van der Waals surface area contributed by atoms with Gasteiger partial charge in [0.1, 0.15) is 23.4 Å². The number of carbonyl (C=O) groups excluding carboxylic acids is 2. The van der Waals surface area contributed by atoms with E-state index in [0.717, 1.165) is 42.9 Å². The van der Waals surface area contributed by atoms with Crippen molar-refractivity contribution in [3.63, 3.8) is 0 Å². The number of fused-ring (bicyclic) bond motifs is 2. The molecule has 3 atom stereocenters. The summed E-state index contributed by atoms with van der Waals surface area (Å²) >= 11 is 0. The Bertz CT molecular complexity index is 2050. The minimum Gasteiger partial charge on any atom is -0.508 e. The van der Waals surface area contributed by atoms with Gasteiger partial charge in [-0.05, 0) is 103 Å². The van der Waals surface area contributed by atoms with Gasteiger partial charge in [-0.1, -0.05) is 55.1 Å². The Hall–Kier alpha value is -5.29. The number of carbonyl (C=O) groups is 2. The monoisotopic (exact) mass is 747 g/mol. The molecular formula is C44H47F2N5O4. The van der Waals surface area contributed by atoms with Gasteiger partial charge < -0.3 is 25.0 Å². The van der Waals surface area contributed by atoms with E-state index in [-0.39, 0.29) is 35.8 Å². The highest BCUT2D eigenvalue weighted by atomic mass is 19.3. The van der Waals surface area contributed by atoms with E-state index >= 15 is 8.78 Å². The number of allylic oxidation sites excluding steroid dienone is 1. The molecule has 0 radical (unpaired) electrons. The maximum atomic E-state index is 15.0. The SMILES string of the molecule is C=C1CCC(N2Cc3nc(N4CCN(CCCC(F)(F)COc5ccc([C@@H]6c7ccc(O)cc7CC[C@@H]6c6ccccc6)cc5)CC4)ccc3C2=O)C(=O)N1. The first-order valence-electron chi connectivity index (χ1n) is 19.4. The normalized spacial score (nSPS) is 21.6. The molecule has 2 amide bonds. The molecule has 1 aliphatic carbocycles. The van der Waals surface area contributed by atoms with E-state index in [1.54, 1.807) is 29.2 Å². The Morgan fingerprint density at radius 1 is 0.909 bits per heavy atom. The second-order valence-electron chi connectivity index (χ2n) is 15.3. The molecule has 4 aromatic rings. The third-order valence-corrected chi connectivity index (χ3v) is 11.7. The summed E-state index contributed by atoms with van der Waals surface area (Å²) in [7, 11) is 0. The Labute approximate surface area is 320 Å². The molecule has 8 rings (SSSR count). The first-order valence-corrected chi connectivity index (χ1v) is 19.4. The highest BCUT2D eigenvalue weighted by Crippen LogP contribution is 2.47. The number of anilines is 1. The zero-order valence-electron chi connectivity index (χ0n) is 30.9. The second-order valence-corrected chi connectivity index (χ2v) is 15.3. The summed E-state index contributed by atoms with van der Waals surface area (Å²) in [5.41, 5.74) is 6.56. The van der Waals surface area contributed by atoms with Crippen LogP contribution < -0.4 is 15.0 Å². The van der Waals surface area contributed by atoms with Gasteiger partial charge in [0.05, 0.1) is 17.8 Å². The Kier molecular flexibility index (Phi) is 10.3. The smallest absolute Gasteiger partial charge is 0.281 e. The van der Waals surface area contributed by atoms with Gasteiger partial charge in [-0.3, -0.25) is 14.5 Å². The van der Waals surface area contributed by atoms with E-state index in [1.165, 1.54) is 11.1 Å². The third kappa shape index (κ3) is 7.94. The number of phenolic OH excluding ortho intramolecular Hbond substituents is 1. The molecule has 11 heteroatoms. The highest BCUT2D eigenvalue weighted by Gasteiger charge is 2.39. The number of phenols is 1. The van der Waals surface area contributed by atoms with Gasteiger partial charge >= 0.3 is 0 Å². The lowest BCUT2D eigenvalue weighted by molar-refractivity contribution is -0.126. The number of nitrogens with zero attached hydrogens (tertiary/aromatic N) is 4. The predicted octanol–water partition coefficient (Wildman–Crippen LogP) is 7.01. The summed E-state index contributed by atoms with van der Waals surface area (Å²) in [6, 6.07) is 26.7. The van der Waals surface area contributed by atoms with Gasteiger partial charge in [0.25, 0.3) is 11.8 Å². The molecule has 2 N–H and O–H groups in total. The number of amides is 2. The second kappa shape index (κ2) is 15.5. The zero-order valence-corrected chi connectivity index (χ0v) is 30.9. The molecule has 4 heterocycles. The molecule has 286 valence electrons. The number of halogens is 2. The van der Waals surface area contributed by atoms with Crippen molar-refractivity contribution in [1.29, 1.82) is 0 Å². The number of rotatable bonds is 11. The van der Waals surface area contributed by atoms with Crippen LogP contribution in [0.5, 0.6) is 11.5 Å². The number of pyridine rings is 1. The molecule has 3 aliphatic heterocycles. The molecular weight excluding hydrogens is 701 g/mol. The van der Waals surface area contributed by atoms with Crippen molar-refractivity contribution in [2.75, 3.05) is 44.2 Å². The number of ether oxygens (including phenoxy) is 1. The Morgan fingerprint density at radius 3 is 2.45 bits per heavy atom. The minimum atomic E-state index is -2.96. The van der Waals surface area contributed by atoms with Crippen molar-refractivity contribution in [3.8, 4) is 11.5 Å². The maximum absolute atomic E-state index is 15.0. The average Bonchev–Trinajstić information content (AvgIpc) is 3.52. The fourth-order valence-electron chi connectivity index (χ4n) is 8.75. The fraction of sp³-hybridized carbons (Fsp3) is 0.386. The van der Waals surface area contributed by atoms with Gasteiger partial charge in [0.15, 0.2) is 6.61 Å². The van der Waals surface area contributed by atoms with Crippen LogP contribution in [0.15, 0.2) is 97.2 Å². The summed E-state index contributed by atoms with van der Waals surface area (Å²) in [5.74, 6) is -1.54. The molecule has 9 nitrogen and oxygen atoms in total. The predicted molar refractivity (Wildman–Crippen MR) is 207 cm³/mol. The number of nitrogens with one attached hydrogen (secondary N) is 1. The number of aromatic nitrogens is 1. The summed E-state index contributed by atoms with van der Waals surface area (Å²) < 4.78 is 35.7. The number of piperidine rings is 1. The van der Waals surface area contributed by atoms with Crippen molar-refractivity contribution >= 4 is 17.6 Å². The summed E-state index contributed by atoms with van der Waals surface area (Å²) in [6.07, 6.45) is 3.10. The van der Waals surface area contributed by atoms with Gasteiger partial charge in [0.2, 0.25) is 5.91 Å². The van der Waals surface area contributed by atoms with Crippen LogP contribution in [-0.4, -0.2) is 83.0 Å². The van der Waals surface area contributed by atoms with Crippen molar-refractivity contribution in [2.45, 2.75) is 68.9 Å². The molecule has 4 aliphatic rings. The number of piperazine rings is 1. The first-order chi connectivity index (χ1) is 26.6. The largest absolute Gasteiger partial charge is 0.508 e. The van der Waals surface area contributed by atoms with Gasteiger partial charge in [-0.2, -0.15) is 0 Å². The fourth-order valence-corrected chi connectivity index (χ4v) is 8.75. The van der Waals surface area contributed by atoms with Crippen LogP contribution in [0.1, 0.15) is 82.2 Å².